The molecule has 0 bridgehead atoms. The lowest BCUT2D eigenvalue weighted by Crippen LogP contribution is -2.27. The molecule has 0 aromatic carbocycles. The predicted octanol–water partition coefficient (Wildman–Crippen LogP) is 0.916. The van der Waals surface area contributed by atoms with Crippen LogP contribution in [-0.4, -0.2) is 35.3 Å². The molecule has 0 saturated carbocycles. The predicted molar refractivity (Wildman–Crippen MR) is 57.9 cm³/mol. The minimum atomic E-state index is -0.177. The Labute approximate surface area is 89.5 Å². The number of aliphatic hydroxyl groups is 1. The summed E-state index contributed by atoms with van der Waals surface area (Å²) in [5.41, 5.74) is -0.177. The van der Waals surface area contributed by atoms with Crippen LogP contribution in [0.1, 0.15) is 13.8 Å². The second-order valence-electron chi connectivity index (χ2n) is 4.12. The third-order valence-electron chi connectivity index (χ3n) is 2.02. The number of methoxy groups -OCH3 is 1. The largest absolute Gasteiger partial charge is 0.494 e. The number of ether oxygens (including phenoxy) is 1. The highest BCUT2D eigenvalue weighted by atomic mass is 16.5. The fraction of sp³-hybridized carbons (Fsp3) is 0.600. The summed E-state index contributed by atoms with van der Waals surface area (Å²) in [5.74, 6) is 1.17. The molecule has 0 atom stereocenters. The summed E-state index contributed by atoms with van der Waals surface area (Å²) < 4.78 is 4.94. The Morgan fingerprint density at radius 1 is 1.40 bits per heavy atom. The van der Waals surface area contributed by atoms with E-state index >= 15 is 0 Å². The van der Waals surface area contributed by atoms with Gasteiger partial charge in [-0.1, -0.05) is 13.8 Å². The third-order valence-corrected chi connectivity index (χ3v) is 2.02. The van der Waals surface area contributed by atoms with E-state index in [1.807, 2.05) is 13.8 Å². The lowest BCUT2D eigenvalue weighted by atomic mass is 9.95. The molecule has 15 heavy (non-hydrogen) atoms. The van der Waals surface area contributed by atoms with Gasteiger partial charge in [-0.3, -0.25) is 0 Å². The summed E-state index contributed by atoms with van der Waals surface area (Å²) in [4.78, 5) is 8.12. The highest BCUT2D eigenvalue weighted by Gasteiger charge is 2.16. The van der Waals surface area contributed by atoms with E-state index in [2.05, 4.69) is 15.3 Å². The van der Waals surface area contributed by atoms with E-state index in [0.717, 1.165) is 0 Å². The van der Waals surface area contributed by atoms with E-state index in [9.17, 15) is 0 Å². The molecule has 1 heterocycles. The van der Waals surface area contributed by atoms with Crippen molar-refractivity contribution in [2.24, 2.45) is 5.41 Å². The van der Waals surface area contributed by atoms with Crippen molar-refractivity contribution in [1.82, 2.24) is 9.97 Å². The van der Waals surface area contributed by atoms with E-state index in [0.29, 0.717) is 18.2 Å². The van der Waals surface area contributed by atoms with E-state index in [1.54, 1.807) is 19.5 Å². The van der Waals surface area contributed by atoms with Crippen molar-refractivity contribution in [3.8, 4) is 5.75 Å². The molecule has 2 N–H and O–H groups in total. The monoisotopic (exact) mass is 211 g/mol. The highest BCUT2D eigenvalue weighted by molar-refractivity contribution is 5.27. The highest BCUT2D eigenvalue weighted by Crippen LogP contribution is 2.14. The first-order valence-electron chi connectivity index (χ1n) is 4.78. The number of anilines is 1. The van der Waals surface area contributed by atoms with Crippen LogP contribution in [0.25, 0.3) is 0 Å². The van der Waals surface area contributed by atoms with Gasteiger partial charge in [0, 0.05) is 18.6 Å². The minimum absolute atomic E-state index is 0.121. The maximum atomic E-state index is 9.05. The molecule has 0 amide bonds. The molecule has 0 aliphatic rings. The Balaban J connectivity index is 2.51. The van der Waals surface area contributed by atoms with Crippen molar-refractivity contribution in [2.45, 2.75) is 13.8 Å². The van der Waals surface area contributed by atoms with Crippen LogP contribution in [0, 0.1) is 5.41 Å². The number of aromatic nitrogens is 2. The van der Waals surface area contributed by atoms with Crippen LogP contribution < -0.4 is 10.1 Å². The van der Waals surface area contributed by atoms with Crippen LogP contribution in [-0.2, 0) is 0 Å². The van der Waals surface area contributed by atoms with Crippen LogP contribution in [0.15, 0.2) is 12.4 Å². The maximum absolute atomic E-state index is 9.05. The molecule has 5 nitrogen and oxygen atoms in total. The zero-order chi connectivity index (χ0) is 11.3. The van der Waals surface area contributed by atoms with Gasteiger partial charge in [-0.2, -0.15) is 0 Å². The standard InChI is InChI=1S/C10H17N3O2/c1-10(2,7-14)6-13-9-11-4-8(15-3)5-12-9/h4-5,14H,6-7H2,1-3H3,(H,11,12,13). The van der Waals surface area contributed by atoms with Crippen molar-refractivity contribution in [1.29, 1.82) is 0 Å². The summed E-state index contributed by atoms with van der Waals surface area (Å²) >= 11 is 0. The van der Waals surface area contributed by atoms with Gasteiger partial charge >= 0.3 is 0 Å². The van der Waals surface area contributed by atoms with E-state index in [4.69, 9.17) is 9.84 Å². The Kier molecular flexibility index (Phi) is 3.85. The normalized spacial score (nSPS) is 11.2. The molecule has 0 radical (unpaired) electrons. The first-order chi connectivity index (χ1) is 7.07. The van der Waals surface area contributed by atoms with Gasteiger partial charge in [0.25, 0.3) is 0 Å². The van der Waals surface area contributed by atoms with Crippen LogP contribution in [0.2, 0.25) is 0 Å². The van der Waals surface area contributed by atoms with Crippen LogP contribution in [0.3, 0.4) is 0 Å². The van der Waals surface area contributed by atoms with Crippen molar-refractivity contribution < 1.29 is 9.84 Å². The molecule has 1 aromatic heterocycles. The minimum Gasteiger partial charge on any atom is -0.494 e. The van der Waals surface area contributed by atoms with Crippen molar-refractivity contribution in [3.05, 3.63) is 12.4 Å². The van der Waals surface area contributed by atoms with Gasteiger partial charge in [0.05, 0.1) is 19.5 Å². The third kappa shape index (κ3) is 3.71. The fourth-order valence-electron chi connectivity index (χ4n) is 0.887. The second kappa shape index (κ2) is 4.93. The quantitative estimate of drug-likeness (QED) is 0.758. The smallest absolute Gasteiger partial charge is 0.222 e. The van der Waals surface area contributed by atoms with E-state index in [1.165, 1.54) is 0 Å². The van der Waals surface area contributed by atoms with Gasteiger partial charge in [-0.25, -0.2) is 9.97 Å². The summed E-state index contributed by atoms with van der Waals surface area (Å²) in [7, 11) is 1.57. The molecule has 0 unspecified atom stereocenters. The summed E-state index contributed by atoms with van der Waals surface area (Å²) in [6.45, 7) is 4.67. The van der Waals surface area contributed by atoms with Crippen molar-refractivity contribution in [2.75, 3.05) is 25.6 Å². The molecule has 0 fully saturated rings. The van der Waals surface area contributed by atoms with E-state index < -0.39 is 0 Å². The molecule has 1 aromatic rings. The van der Waals surface area contributed by atoms with Gasteiger partial charge in [-0.05, 0) is 0 Å². The molecular formula is C10H17N3O2. The average molecular weight is 211 g/mol. The SMILES string of the molecule is COc1cnc(NCC(C)(C)CO)nc1. The number of hydrogen-bond acceptors (Lipinski definition) is 5. The molecule has 0 saturated heterocycles. The first kappa shape index (κ1) is 11.7. The average Bonchev–Trinajstić information content (AvgIpc) is 2.27. The zero-order valence-electron chi connectivity index (χ0n) is 9.32. The molecule has 0 aliphatic carbocycles. The molecular weight excluding hydrogens is 194 g/mol. The molecule has 0 aliphatic heterocycles. The van der Waals surface area contributed by atoms with Gasteiger partial charge < -0.3 is 15.2 Å². The number of hydrogen-bond donors (Lipinski definition) is 2. The van der Waals surface area contributed by atoms with Crippen LogP contribution in [0.4, 0.5) is 5.95 Å². The number of nitrogens with zero attached hydrogens (tertiary/aromatic N) is 2. The summed E-state index contributed by atoms with van der Waals surface area (Å²) in [6, 6.07) is 0. The second-order valence-corrected chi connectivity index (χ2v) is 4.12. The summed E-state index contributed by atoms with van der Waals surface area (Å²) in [6.07, 6.45) is 3.20. The number of nitrogens with one attached hydrogen (secondary N) is 1. The van der Waals surface area contributed by atoms with Crippen LogP contribution in [0.5, 0.6) is 5.75 Å². The molecule has 0 spiro atoms. The maximum Gasteiger partial charge on any atom is 0.222 e. The molecule has 84 valence electrons. The van der Waals surface area contributed by atoms with Crippen molar-refractivity contribution in [3.63, 3.8) is 0 Å². The fourth-order valence-corrected chi connectivity index (χ4v) is 0.887. The lowest BCUT2D eigenvalue weighted by Gasteiger charge is -2.21. The Hall–Kier alpha value is -1.36. The zero-order valence-corrected chi connectivity index (χ0v) is 9.32. The Morgan fingerprint density at radius 2 is 2.00 bits per heavy atom. The van der Waals surface area contributed by atoms with Gasteiger partial charge in [0.1, 0.15) is 0 Å². The number of aliphatic hydroxyl groups excluding tert-OH is 1. The van der Waals surface area contributed by atoms with Crippen LogP contribution >= 0.6 is 0 Å². The molecule has 1 rings (SSSR count). The topological polar surface area (TPSA) is 67.3 Å². The summed E-state index contributed by atoms with van der Waals surface area (Å²) in [5, 5.41) is 12.1. The van der Waals surface area contributed by atoms with Gasteiger partial charge in [-0.15, -0.1) is 0 Å². The Morgan fingerprint density at radius 3 is 2.47 bits per heavy atom. The van der Waals surface area contributed by atoms with E-state index in [-0.39, 0.29) is 12.0 Å². The first-order valence-corrected chi connectivity index (χ1v) is 4.78. The van der Waals surface area contributed by atoms with Gasteiger partial charge in [0.2, 0.25) is 5.95 Å². The number of rotatable bonds is 5. The van der Waals surface area contributed by atoms with Gasteiger partial charge in [0.15, 0.2) is 5.75 Å². The Bertz CT molecular complexity index is 298. The lowest BCUT2D eigenvalue weighted by molar-refractivity contribution is 0.170. The molecule has 5 heteroatoms. The van der Waals surface area contributed by atoms with Crippen molar-refractivity contribution >= 4 is 5.95 Å².